The number of benzene rings is 2. The van der Waals surface area contributed by atoms with Gasteiger partial charge in [-0.1, -0.05) is 24.3 Å². The maximum Gasteiger partial charge on any atom is 0.235 e. The van der Waals surface area contributed by atoms with Crippen LogP contribution in [0.3, 0.4) is 0 Å². The number of aromatic hydroxyl groups is 1. The van der Waals surface area contributed by atoms with Crippen LogP contribution in [0.1, 0.15) is 11.5 Å². The summed E-state index contributed by atoms with van der Waals surface area (Å²) in [5, 5.41) is 9.51. The number of thioether (sulfide) groups is 1. The second-order valence-corrected chi connectivity index (χ2v) is 7.28. The van der Waals surface area contributed by atoms with Crippen LogP contribution < -0.4 is 4.90 Å². The Morgan fingerprint density at radius 1 is 1.17 bits per heavy atom. The Morgan fingerprint density at radius 3 is 2.58 bits per heavy atom. The van der Waals surface area contributed by atoms with E-state index in [1.165, 1.54) is 0 Å². The number of phenols is 1. The van der Waals surface area contributed by atoms with Crippen LogP contribution in [0.15, 0.2) is 53.4 Å². The van der Waals surface area contributed by atoms with Crippen LogP contribution in [-0.2, 0) is 4.79 Å². The fraction of sp³-hybridized carbons (Fsp3) is 0.316. The van der Waals surface area contributed by atoms with Gasteiger partial charge in [0.25, 0.3) is 0 Å². The van der Waals surface area contributed by atoms with Gasteiger partial charge in [-0.05, 0) is 43.9 Å². The van der Waals surface area contributed by atoms with Gasteiger partial charge in [-0.2, -0.15) is 0 Å². The summed E-state index contributed by atoms with van der Waals surface area (Å²) < 4.78 is 0. The predicted molar refractivity (Wildman–Crippen MR) is 98.9 cm³/mol. The topological polar surface area (TPSA) is 43.8 Å². The van der Waals surface area contributed by atoms with Gasteiger partial charge in [0.05, 0.1) is 11.6 Å². The molecule has 0 aliphatic carbocycles. The lowest BCUT2D eigenvalue weighted by molar-refractivity contribution is -0.119. The molecule has 1 atom stereocenters. The van der Waals surface area contributed by atoms with Crippen LogP contribution in [-0.4, -0.2) is 48.9 Å². The minimum absolute atomic E-state index is 0.125. The molecule has 1 aliphatic rings. The van der Waals surface area contributed by atoms with Gasteiger partial charge in [0.2, 0.25) is 5.91 Å². The van der Waals surface area contributed by atoms with E-state index in [0.717, 1.165) is 22.7 Å². The Labute approximate surface area is 147 Å². The third-order valence-corrected chi connectivity index (χ3v) is 5.35. The van der Waals surface area contributed by atoms with Crippen LogP contribution in [0.25, 0.3) is 0 Å². The summed E-state index contributed by atoms with van der Waals surface area (Å²) in [4.78, 5) is 18.4. The lowest BCUT2D eigenvalue weighted by Gasteiger charge is -2.27. The van der Waals surface area contributed by atoms with E-state index < -0.39 is 0 Å². The number of hydrogen-bond donors (Lipinski definition) is 1. The van der Waals surface area contributed by atoms with Crippen molar-refractivity contribution in [1.29, 1.82) is 0 Å². The molecule has 1 unspecified atom stereocenters. The highest BCUT2D eigenvalue weighted by Crippen LogP contribution is 2.39. The number of nitrogens with zero attached hydrogens (tertiary/aromatic N) is 2. The molecule has 126 valence electrons. The molecule has 0 saturated heterocycles. The Balaban J connectivity index is 1.95. The SMILES string of the molecule is CN(C)CCN1C(=O)C(c2ccc(O)cc2)CSc2ccccc21. The van der Waals surface area contributed by atoms with Crippen LogP contribution in [0.2, 0.25) is 0 Å². The third-order valence-electron chi connectivity index (χ3n) is 4.19. The molecular formula is C19H22N2O2S. The summed E-state index contributed by atoms with van der Waals surface area (Å²) in [5.74, 6) is 0.851. The van der Waals surface area contributed by atoms with Crippen molar-refractivity contribution in [3.63, 3.8) is 0 Å². The van der Waals surface area contributed by atoms with Crippen LogP contribution in [0.4, 0.5) is 5.69 Å². The van der Waals surface area contributed by atoms with Crippen LogP contribution in [0, 0.1) is 0 Å². The number of amides is 1. The zero-order chi connectivity index (χ0) is 17.1. The summed E-state index contributed by atoms with van der Waals surface area (Å²) in [6.45, 7) is 1.48. The number of para-hydroxylation sites is 1. The van der Waals surface area contributed by atoms with Crippen molar-refractivity contribution >= 4 is 23.4 Å². The summed E-state index contributed by atoms with van der Waals surface area (Å²) >= 11 is 1.72. The van der Waals surface area contributed by atoms with E-state index in [0.29, 0.717) is 12.3 Å². The average molecular weight is 342 g/mol. The predicted octanol–water partition coefficient (Wildman–Crippen LogP) is 3.18. The van der Waals surface area contributed by atoms with Gasteiger partial charge in [0.15, 0.2) is 0 Å². The zero-order valence-corrected chi connectivity index (χ0v) is 14.8. The molecule has 1 aliphatic heterocycles. The van der Waals surface area contributed by atoms with Crippen LogP contribution >= 0.6 is 11.8 Å². The molecule has 4 nitrogen and oxygen atoms in total. The van der Waals surface area contributed by atoms with E-state index in [9.17, 15) is 9.90 Å². The molecular weight excluding hydrogens is 320 g/mol. The van der Waals surface area contributed by atoms with Gasteiger partial charge in [-0.25, -0.2) is 0 Å². The van der Waals surface area contributed by atoms with Crippen molar-refractivity contribution in [3.05, 3.63) is 54.1 Å². The molecule has 0 radical (unpaired) electrons. The van der Waals surface area contributed by atoms with Crippen molar-refractivity contribution in [1.82, 2.24) is 4.90 Å². The van der Waals surface area contributed by atoms with E-state index in [1.807, 2.05) is 49.3 Å². The van der Waals surface area contributed by atoms with E-state index in [1.54, 1.807) is 23.9 Å². The fourth-order valence-electron chi connectivity index (χ4n) is 2.83. The van der Waals surface area contributed by atoms with Crippen molar-refractivity contribution in [2.45, 2.75) is 10.8 Å². The number of carbonyl (C=O) groups is 1. The lowest BCUT2D eigenvalue weighted by atomic mass is 9.99. The maximum atomic E-state index is 13.2. The molecule has 0 fully saturated rings. The van der Waals surface area contributed by atoms with E-state index in [-0.39, 0.29) is 17.6 Å². The third kappa shape index (κ3) is 3.57. The number of hydrogen-bond acceptors (Lipinski definition) is 4. The monoisotopic (exact) mass is 342 g/mol. The smallest absolute Gasteiger partial charge is 0.235 e. The molecule has 2 aromatic rings. The van der Waals surface area contributed by atoms with Gasteiger partial charge < -0.3 is 14.9 Å². The van der Waals surface area contributed by atoms with Crippen molar-refractivity contribution in [2.75, 3.05) is 37.8 Å². The second-order valence-electron chi connectivity index (χ2n) is 6.22. The highest BCUT2D eigenvalue weighted by atomic mass is 32.2. The minimum atomic E-state index is -0.204. The zero-order valence-electron chi connectivity index (χ0n) is 14.0. The number of carbonyl (C=O) groups excluding carboxylic acids is 1. The number of phenolic OH excluding ortho intramolecular Hbond substituents is 1. The summed E-state index contributed by atoms with van der Waals surface area (Å²) in [6.07, 6.45) is 0. The number of likely N-dealkylation sites (N-methyl/N-ethyl adjacent to an activating group) is 1. The highest BCUT2D eigenvalue weighted by molar-refractivity contribution is 7.99. The molecule has 5 heteroatoms. The summed E-state index contributed by atoms with van der Waals surface area (Å²) in [5.41, 5.74) is 1.95. The first kappa shape index (κ1) is 16.9. The molecule has 0 bridgehead atoms. The largest absolute Gasteiger partial charge is 0.508 e. The molecule has 24 heavy (non-hydrogen) atoms. The molecule has 2 aromatic carbocycles. The second kappa shape index (κ2) is 7.28. The molecule has 1 amide bonds. The molecule has 0 aromatic heterocycles. The Bertz CT molecular complexity index is 716. The number of fused-ring (bicyclic) bond motifs is 1. The Morgan fingerprint density at radius 2 is 1.88 bits per heavy atom. The van der Waals surface area contributed by atoms with Gasteiger partial charge in [0.1, 0.15) is 5.75 Å². The maximum absolute atomic E-state index is 13.2. The van der Waals surface area contributed by atoms with Gasteiger partial charge in [-0.3, -0.25) is 4.79 Å². The highest BCUT2D eigenvalue weighted by Gasteiger charge is 2.31. The first-order chi connectivity index (χ1) is 11.6. The normalized spacial score (nSPS) is 17.7. The summed E-state index contributed by atoms with van der Waals surface area (Å²) in [6, 6.07) is 15.1. The minimum Gasteiger partial charge on any atom is -0.508 e. The van der Waals surface area contributed by atoms with Gasteiger partial charge in [-0.15, -0.1) is 11.8 Å². The lowest BCUT2D eigenvalue weighted by Crippen LogP contribution is -2.39. The Hall–Kier alpha value is -1.98. The first-order valence-electron chi connectivity index (χ1n) is 8.03. The van der Waals surface area contributed by atoms with Gasteiger partial charge in [0, 0.05) is 23.7 Å². The van der Waals surface area contributed by atoms with Crippen LogP contribution in [0.5, 0.6) is 5.75 Å². The van der Waals surface area contributed by atoms with E-state index >= 15 is 0 Å². The molecule has 0 saturated carbocycles. The van der Waals surface area contributed by atoms with Gasteiger partial charge >= 0.3 is 0 Å². The van der Waals surface area contributed by atoms with Crippen molar-refractivity contribution < 1.29 is 9.90 Å². The first-order valence-corrected chi connectivity index (χ1v) is 9.01. The Kier molecular flexibility index (Phi) is 5.11. The number of rotatable bonds is 4. The number of anilines is 1. The van der Waals surface area contributed by atoms with Crippen molar-refractivity contribution in [3.8, 4) is 5.75 Å². The van der Waals surface area contributed by atoms with E-state index in [2.05, 4.69) is 11.0 Å². The standard InChI is InChI=1S/C19H22N2O2S/c1-20(2)11-12-21-17-5-3-4-6-18(17)24-13-16(19(21)23)14-7-9-15(22)10-8-14/h3-10,16,22H,11-13H2,1-2H3. The fourth-order valence-corrected chi connectivity index (χ4v) is 4.01. The summed E-state index contributed by atoms with van der Waals surface area (Å²) in [7, 11) is 4.03. The molecule has 1 heterocycles. The molecule has 0 spiro atoms. The quantitative estimate of drug-likeness (QED) is 0.927. The average Bonchev–Trinajstić information content (AvgIpc) is 2.70. The van der Waals surface area contributed by atoms with Crippen molar-refractivity contribution in [2.24, 2.45) is 0 Å². The molecule has 1 N–H and O–H groups in total. The molecule has 3 rings (SSSR count). The van der Waals surface area contributed by atoms with E-state index in [4.69, 9.17) is 0 Å².